The lowest BCUT2D eigenvalue weighted by Gasteiger charge is -2.03. The molecule has 0 bridgehead atoms. The predicted octanol–water partition coefficient (Wildman–Crippen LogP) is 2.77. The van der Waals surface area contributed by atoms with Crippen molar-refractivity contribution >= 4 is 11.3 Å². The molecule has 1 N–H and O–H groups in total. The number of aromatic nitrogens is 2. The molecule has 0 atom stereocenters. The number of nitrogens with zero attached hydrogens (tertiary/aromatic N) is 2. The van der Waals surface area contributed by atoms with Crippen LogP contribution in [0.2, 0.25) is 0 Å². The van der Waals surface area contributed by atoms with Gasteiger partial charge in [-0.3, -0.25) is 0 Å². The van der Waals surface area contributed by atoms with E-state index in [1.54, 1.807) is 11.3 Å². The second-order valence-electron chi connectivity index (χ2n) is 4.62. The Balaban J connectivity index is 1.77. The van der Waals surface area contributed by atoms with Crippen molar-refractivity contribution in [3.63, 3.8) is 0 Å². The summed E-state index contributed by atoms with van der Waals surface area (Å²) < 4.78 is 0. The van der Waals surface area contributed by atoms with Crippen molar-refractivity contribution in [1.82, 2.24) is 15.5 Å². The number of nitrogens with one attached hydrogen (secondary N) is 1. The van der Waals surface area contributed by atoms with Gasteiger partial charge in [0, 0.05) is 13.0 Å². The summed E-state index contributed by atoms with van der Waals surface area (Å²) in [7, 11) is 0. The van der Waals surface area contributed by atoms with E-state index in [1.165, 1.54) is 37.1 Å². The van der Waals surface area contributed by atoms with E-state index in [2.05, 4.69) is 22.4 Å². The van der Waals surface area contributed by atoms with Gasteiger partial charge in [0.25, 0.3) is 0 Å². The van der Waals surface area contributed by atoms with Gasteiger partial charge >= 0.3 is 0 Å². The SMILES string of the molecule is CCCNCc1nnc(CC2CCCC2)s1. The fourth-order valence-electron chi connectivity index (χ4n) is 2.28. The zero-order chi connectivity index (χ0) is 11.2. The Kier molecular flexibility index (Phi) is 4.72. The first-order valence-corrected chi connectivity index (χ1v) is 7.22. The maximum absolute atomic E-state index is 4.29. The highest BCUT2D eigenvalue weighted by molar-refractivity contribution is 7.11. The Morgan fingerprint density at radius 3 is 2.75 bits per heavy atom. The number of hydrogen-bond donors (Lipinski definition) is 1. The normalized spacial score (nSPS) is 17.1. The fourth-order valence-corrected chi connectivity index (χ4v) is 3.20. The molecule has 1 heterocycles. The molecular formula is C12H21N3S. The van der Waals surface area contributed by atoms with E-state index in [0.717, 1.165) is 30.4 Å². The van der Waals surface area contributed by atoms with Gasteiger partial charge in [0.2, 0.25) is 0 Å². The maximum Gasteiger partial charge on any atom is 0.131 e. The van der Waals surface area contributed by atoms with E-state index in [1.807, 2.05) is 0 Å². The van der Waals surface area contributed by atoms with Crippen molar-refractivity contribution in [2.45, 2.75) is 52.0 Å². The lowest BCUT2D eigenvalue weighted by molar-refractivity contribution is 0.542. The van der Waals surface area contributed by atoms with Gasteiger partial charge in [-0.15, -0.1) is 21.5 Å². The quantitative estimate of drug-likeness (QED) is 0.776. The molecule has 0 radical (unpaired) electrons. The summed E-state index contributed by atoms with van der Waals surface area (Å²) in [6.45, 7) is 4.13. The van der Waals surface area contributed by atoms with E-state index in [4.69, 9.17) is 0 Å². The Bertz CT molecular complexity index is 305. The van der Waals surface area contributed by atoms with Crippen LogP contribution >= 0.6 is 11.3 Å². The minimum absolute atomic E-state index is 0.879. The van der Waals surface area contributed by atoms with Crippen molar-refractivity contribution < 1.29 is 0 Å². The van der Waals surface area contributed by atoms with Gasteiger partial charge in [0.15, 0.2) is 0 Å². The van der Waals surface area contributed by atoms with Gasteiger partial charge in [0.05, 0.1) is 0 Å². The standard InChI is InChI=1S/C12H21N3S/c1-2-7-13-9-12-15-14-11(16-12)8-10-5-3-4-6-10/h10,13H,2-9H2,1H3. The summed E-state index contributed by atoms with van der Waals surface area (Å²) in [5.74, 6) is 0.879. The zero-order valence-corrected chi connectivity index (χ0v) is 10.9. The van der Waals surface area contributed by atoms with Crippen molar-refractivity contribution in [2.24, 2.45) is 5.92 Å². The molecule has 4 heteroatoms. The van der Waals surface area contributed by atoms with Gasteiger partial charge in [-0.1, -0.05) is 32.6 Å². The van der Waals surface area contributed by atoms with E-state index in [0.29, 0.717) is 0 Å². The highest BCUT2D eigenvalue weighted by Crippen LogP contribution is 2.28. The summed E-state index contributed by atoms with van der Waals surface area (Å²) in [4.78, 5) is 0. The summed E-state index contributed by atoms with van der Waals surface area (Å²) in [6, 6.07) is 0. The molecule has 0 aromatic carbocycles. The fraction of sp³-hybridized carbons (Fsp3) is 0.833. The molecule has 0 unspecified atom stereocenters. The number of rotatable bonds is 6. The van der Waals surface area contributed by atoms with Crippen LogP contribution in [-0.2, 0) is 13.0 Å². The Morgan fingerprint density at radius 1 is 1.25 bits per heavy atom. The molecule has 3 nitrogen and oxygen atoms in total. The number of hydrogen-bond acceptors (Lipinski definition) is 4. The summed E-state index contributed by atoms with van der Waals surface area (Å²) in [6.07, 6.45) is 7.94. The molecule has 0 saturated heterocycles. The lowest BCUT2D eigenvalue weighted by atomic mass is 10.1. The molecule has 90 valence electrons. The van der Waals surface area contributed by atoms with E-state index >= 15 is 0 Å². The minimum Gasteiger partial charge on any atom is -0.310 e. The van der Waals surface area contributed by atoms with Gasteiger partial charge in [-0.05, 0) is 18.9 Å². The summed E-state index contributed by atoms with van der Waals surface area (Å²) in [5, 5.41) is 14.3. The second-order valence-corrected chi connectivity index (χ2v) is 5.77. The Hall–Kier alpha value is -0.480. The summed E-state index contributed by atoms with van der Waals surface area (Å²) >= 11 is 1.79. The second kappa shape index (κ2) is 6.30. The van der Waals surface area contributed by atoms with Gasteiger partial charge in [-0.25, -0.2) is 0 Å². The Labute approximate surface area is 102 Å². The molecule has 0 spiro atoms. The highest BCUT2D eigenvalue weighted by Gasteiger charge is 2.17. The molecule has 1 aliphatic carbocycles. The van der Waals surface area contributed by atoms with Crippen LogP contribution < -0.4 is 5.32 Å². The van der Waals surface area contributed by atoms with Crippen LogP contribution in [0.4, 0.5) is 0 Å². The van der Waals surface area contributed by atoms with Crippen molar-refractivity contribution in [2.75, 3.05) is 6.54 Å². The average Bonchev–Trinajstić information content (AvgIpc) is 2.91. The molecule has 1 saturated carbocycles. The largest absolute Gasteiger partial charge is 0.310 e. The topological polar surface area (TPSA) is 37.8 Å². The molecule has 0 aliphatic heterocycles. The van der Waals surface area contributed by atoms with Crippen LogP contribution in [0.1, 0.15) is 49.0 Å². The molecular weight excluding hydrogens is 218 g/mol. The van der Waals surface area contributed by atoms with E-state index < -0.39 is 0 Å². The van der Waals surface area contributed by atoms with Crippen LogP contribution in [0, 0.1) is 5.92 Å². The zero-order valence-electron chi connectivity index (χ0n) is 10.0. The molecule has 1 aromatic heterocycles. The molecule has 1 aromatic rings. The summed E-state index contributed by atoms with van der Waals surface area (Å²) in [5.41, 5.74) is 0. The first kappa shape index (κ1) is 12.0. The first-order valence-electron chi connectivity index (χ1n) is 6.40. The average molecular weight is 239 g/mol. The lowest BCUT2D eigenvalue weighted by Crippen LogP contribution is -2.13. The smallest absolute Gasteiger partial charge is 0.131 e. The van der Waals surface area contributed by atoms with E-state index in [-0.39, 0.29) is 0 Å². The van der Waals surface area contributed by atoms with Crippen LogP contribution in [0.5, 0.6) is 0 Å². The predicted molar refractivity (Wildman–Crippen MR) is 67.6 cm³/mol. The van der Waals surface area contributed by atoms with E-state index in [9.17, 15) is 0 Å². The van der Waals surface area contributed by atoms with Crippen molar-refractivity contribution in [3.05, 3.63) is 10.0 Å². The Morgan fingerprint density at radius 2 is 2.00 bits per heavy atom. The van der Waals surface area contributed by atoms with Gasteiger partial charge < -0.3 is 5.32 Å². The first-order chi connectivity index (χ1) is 7.88. The molecule has 0 amide bonds. The van der Waals surface area contributed by atoms with Crippen LogP contribution in [-0.4, -0.2) is 16.7 Å². The minimum atomic E-state index is 0.879. The van der Waals surface area contributed by atoms with Gasteiger partial charge in [-0.2, -0.15) is 0 Å². The molecule has 1 fully saturated rings. The van der Waals surface area contributed by atoms with Crippen molar-refractivity contribution in [1.29, 1.82) is 0 Å². The van der Waals surface area contributed by atoms with Gasteiger partial charge in [0.1, 0.15) is 10.0 Å². The highest BCUT2D eigenvalue weighted by atomic mass is 32.1. The monoisotopic (exact) mass is 239 g/mol. The maximum atomic E-state index is 4.29. The third-order valence-corrected chi connectivity index (χ3v) is 4.10. The van der Waals surface area contributed by atoms with Crippen LogP contribution in [0.25, 0.3) is 0 Å². The van der Waals surface area contributed by atoms with Crippen LogP contribution in [0.15, 0.2) is 0 Å². The molecule has 2 rings (SSSR count). The molecule has 1 aliphatic rings. The molecule has 16 heavy (non-hydrogen) atoms. The third-order valence-electron chi connectivity index (χ3n) is 3.15. The van der Waals surface area contributed by atoms with Crippen LogP contribution in [0.3, 0.4) is 0 Å². The van der Waals surface area contributed by atoms with Crippen molar-refractivity contribution in [3.8, 4) is 0 Å². The third kappa shape index (κ3) is 3.52.